The van der Waals surface area contributed by atoms with Gasteiger partial charge < -0.3 is 26.0 Å². The maximum absolute atomic E-state index is 12.4. The third kappa shape index (κ3) is 11.8. The fourth-order valence-electron chi connectivity index (χ4n) is 4.97. The fraction of sp³-hybridized carbons (Fsp3) is 0.452. The highest BCUT2D eigenvalue weighted by Crippen LogP contribution is 2.30. The number of hydrogen-bond donors (Lipinski definition) is 5. The summed E-state index contributed by atoms with van der Waals surface area (Å²) in [6.45, 7) is -0.171. The maximum atomic E-state index is 12.4. The maximum Gasteiger partial charge on any atom is 0.317 e. The normalized spacial score (nSPS) is 11.3. The van der Waals surface area contributed by atoms with Crippen molar-refractivity contribution >= 4 is 51.3 Å². The molecular weight excluding hydrogens is 554 g/mol. The topological polar surface area (TPSA) is 172 Å². The van der Waals surface area contributed by atoms with Crippen molar-refractivity contribution in [3.63, 3.8) is 0 Å². The number of nitrogens with one attached hydrogen (secondary N) is 2. The lowest BCUT2D eigenvalue weighted by molar-refractivity contribution is -0.143. The smallest absolute Gasteiger partial charge is 0.317 e. The molecule has 3 rings (SSSR count). The Morgan fingerprint density at radius 1 is 0.605 bits per heavy atom. The summed E-state index contributed by atoms with van der Waals surface area (Å²) in [5.41, 5.74) is 3.07. The molecule has 12 heteroatoms. The van der Waals surface area contributed by atoms with Crippen LogP contribution in [0.1, 0.15) is 38.5 Å². The number of aliphatic carboxylic acids is 3. The van der Waals surface area contributed by atoms with Gasteiger partial charge in [-0.2, -0.15) is 0 Å². The quantitative estimate of drug-likeness (QED) is 0.0905. The van der Waals surface area contributed by atoms with Gasteiger partial charge in [0.1, 0.15) is 0 Å². The molecule has 12 nitrogen and oxygen atoms in total. The molecule has 0 aliphatic carbocycles. The van der Waals surface area contributed by atoms with Crippen LogP contribution < -0.4 is 10.6 Å². The van der Waals surface area contributed by atoms with Crippen LogP contribution in [0.15, 0.2) is 48.5 Å². The van der Waals surface area contributed by atoms with E-state index >= 15 is 0 Å². The largest absolute Gasteiger partial charge is 0.480 e. The van der Waals surface area contributed by atoms with Gasteiger partial charge in [-0.1, -0.05) is 62.1 Å². The Morgan fingerprint density at radius 3 is 1.56 bits per heavy atom. The Hall–Kier alpha value is -4.29. The number of hydrogen-bond acceptors (Lipinski definition) is 8. The van der Waals surface area contributed by atoms with E-state index < -0.39 is 37.5 Å². The lowest BCUT2D eigenvalue weighted by Crippen LogP contribution is -2.45. The van der Waals surface area contributed by atoms with Gasteiger partial charge in [0.15, 0.2) is 0 Å². The average molecular weight is 596 g/mol. The molecule has 0 radical (unpaired) electrons. The summed E-state index contributed by atoms with van der Waals surface area (Å²) in [4.78, 5) is 52.8. The highest BCUT2D eigenvalue weighted by molar-refractivity contribution is 6.07. The average Bonchev–Trinajstić information content (AvgIpc) is 2.95. The van der Waals surface area contributed by atoms with Gasteiger partial charge in [0, 0.05) is 37.0 Å². The molecule has 0 spiro atoms. The second-order valence-electron chi connectivity index (χ2n) is 10.5. The van der Waals surface area contributed by atoms with E-state index in [2.05, 4.69) is 22.8 Å². The zero-order valence-corrected chi connectivity index (χ0v) is 24.3. The van der Waals surface area contributed by atoms with Crippen molar-refractivity contribution in [3.8, 4) is 0 Å². The summed E-state index contributed by atoms with van der Waals surface area (Å²) >= 11 is 0. The van der Waals surface area contributed by atoms with Gasteiger partial charge in [-0.25, -0.2) is 4.98 Å². The number of carbonyl (C=O) groups excluding carboxylic acids is 1. The molecule has 0 unspecified atom stereocenters. The van der Waals surface area contributed by atoms with Crippen molar-refractivity contribution in [1.29, 1.82) is 0 Å². The number of rotatable bonds is 21. The molecule has 3 aromatic rings. The van der Waals surface area contributed by atoms with Crippen LogP contribution >= 0.6 is 0 Å². The van der Waals surface area contributed by atoms with Gasteiger partial charge >= 0.3 is 17.9 Å². The standard InChI is InChI=1S/C31H41N5O7/c37-27(19-35(20-28(38)39)17-18-36(21-29(40)41)22-30(42)43)32-15-9-3-1-2-4-10-16-33-31-23-11-5-7-13-25(23)34-26-14-8-6-12-24(26)31/h5-8,11-14H,1-4,9-10,15-22H2,(H,32,37)(H,33,34)(H,38,39)(H,40,41)(H,42,43). The van der Waals surface area contributed by atoms with Crippen LogP contribution in [0.3, 0.4) is 0 Å². The molecule has 0 atom stereocenters. The Balaban J connectivity index is 1.30. The first-order valence-corrected chi connectivity index (χ1v) is 14.6. The summed E-state index contributed by atoms with van der Waals surface area (Å²) < 4.78 is 0. The molecule has 0 saturated carbocycles. The van der Waals surface area contributed by atoms with Crippen LogP contribution in [0.2, 0.25) is 0 Å². The summed E-state index contributed by atoms with van der Waals surface area (Å²) in [7, 11) is 0. The number of nitrogens with zero attached hydrogens (tertiary/aromatic N) is 3. The molecule has 43 heavy (non-hydrogen) atoms. The minimum atomic E-state index is -1.19. The number of carboxylic acids is 3. The van der Waals surface area contributed by atoms with Crippen molar-refractivity contribution in [3.05, 3.63) is 48.5 Å². The van der Waals surface area contributed by atoms with E-state index in [1.54, 1.807) is 0 Å². The first kappa shape index (κ1) is 33.2. The third-order valence-corrected chi connectivity index (χ3v) is 6.99. The van der Waals surface area contributed by atoms with Crippen LogP contribution in [-0.2, 0) is 19.2 Å². The molecule has 0 aliphatic rings. The molecule has 5 N–H and O–H groups in total. The molecule has 1 amide bonds. The molecule has 0 fully saturated rings. The van der Waals surface area contributed by atoms with Crippen LogP contribution in [0, 0.1) is 0 Å². The van der Waals surface area contributed by atoms with E-state index in [0.717, 1.165) is 72.6 Å². The summed E-state index contributed by atoms with van der Waals surface area (Å²) in [6.07, 6.45) is 6.03. The number of unbranched alkanes of at least 4 members (excludes halogenated alkanes) is 5. The highest BCUT2D eigenvalue weighted by Gasteiger charge is 2.18. The van der Waals surface area contributed by atoms with Gasteiger partial charge in [-0.15, -0.1) is 0 Å². The van der Waals surface area contributed by atoms with Crippen molar-refractivity contribution in [2.45, 2.75) is 38.5 Å². The number of fused-ring (bicyclic) bond motifs is 2. The van der Waals surface area contributed by atoms with E-state index in [0.29, 0.717) is 6.54 Å². The summed E-state index contributed by atoms with van der Waals surface area (Å²) in [5.74, 6) is -3.83. The molecule has 2 aromatic carbocycles. The van der Waals surface area contributed by atoms with Crippen LogP contribution in [0.5, 0.6) is 0 Å². The number of carboxylic acid groups (broad SMARTS) is 3. The Bertz CT molecular complexity index is 1310. The van der Waals surface area contributed by atoms with Gasteiger partial charge in [-0.05, 0) is 25.0 Å². The van der Waals surface area contributed by atoms with E-state index in [-0.39, 0.29) is 25.5 Å². The molecule has 1 heterocycles. The van der Waals surface area contributed by atoms with Crippen molar-refractivity contribution in [2.75, 3.05) is 57.7 Å². The lowest BCUT2D eigenvalue weighted by atomic mass is 10.1. The number of pyridine rings is 1. The summed E-state index contributed by atoms with van der Waals surface area (Å²) in [6, 6.07) is 16.3. The molecule has 232 valence electrons. The second-order valence-corrected chi connectivity index (χ2v) is 10.5. The van der Waals surface area contributed by atoms with Crippen molar-refractivity contribution < 1.29 is 34.5 Å². The highest BCUT2D eigenvalue weighted by atomic mass is 16.4. The molecule has 0 saturated heterocycles. The van der Waals surface area contributed by atoms with Gasteiger partial charge in [0.25, 0.3) is 0 Å². The van der Waals surface area contributed by atoms with Gasteiger partial charge in [-0.3, -0.25) is 29.0 Å². The monoisotopic (exact) mass is 595 g/mol. The van der Waals surface area contributed by atoms with Crippen LogP contribution in [-0.4, -0.2) is 106 Å². The zero-order valence-electron chi connectivity index (χ0n) is 24.3. The number of benzene rings is 2. The van der Waals surface area contributed by atoms with E-state index in [1.165, 1.54) is 9.80 Å². The number of carbonyl (C=O) groups is 4. The second kappa shape index (κ2) is 17.6. The Kier molecular flexibility index (Phi) is 13.6. The van der Waals surface area contributed by atoms with E-state index in [9.17, 15) is 19.2 Å². The zero-order chi connectivity index (χ0) is 31.0. The number of aromatic nitrogens is 1. The predicted octanol–water partition coefficient (Wildman–Crippen LogP) is 3.11. The first-order chi connectivity index (χ1) is 20.7. The Morgan fingerprint density at radius 2 is 1.05 bits per heavy atom. The van der Waals surface area contributed by atoms with Gasteiger partial charge in [0.05, 0.1) is 42.9 Å². The lowest BCUT2D eigenvalue weighted by Gasteiger charge is -2.24. The van der Waals surface area contributed by atoms with Crippen LogP contribution in [0.4, 0.5) is 5.69 Å². The number of anilines is 1. The van der Waals surface area contributed by atoms with Crippen LogP contribution in [0.25, 0.3) is 21.8 Å². The summed E-state index contributed by atoms with van der Waals surface area (Å²) in [5, 5.41) is 35.8. The van der Waals surface area contributed by atoms with Crippen molar-refractivity contribution in [2.24, 2.45) is 0 Å². The Labute approximate surface area is 250 Å². The fourth-order valence-corrected chi connectivity index (χ4v) is 4.97. The van der Waals surface area contributed by atoms with E-state index in [1.807, 2.05) is 36.4 Å². The SMILES string of the molecule is O=C(O)CN(CCN(CC(=O)O)CC(=O)NCCCCCCCCNc1c2ccccc2nc2ccccc12)CC(=O)O. The minimum Gasteiger partial charge on any atom is -0.480 e. The van der Waals surface area contributed by atoms with E-state index in [4.69, 9.17) is 20.3 Å². The minimum absolute atomic E-state index is 0.00439. The molecule has 1 aromatic heterocycles. The molecular formula is C31H41N5O7. The third-order valence-electron chi connectivity index (χ3n) is 6.99. The predicted molar refractivity (Wildman–Crippen MR) is 164 cm³/mol. The molecule has 0 bridgehead atoms. The van der Waals surface area contributed by atoms with Crippen molar-refractivity contribution in [1.82, 2.24) is 20.1 Å². The number of para-hydroxylation sites is 2. The molecule has 0 aliphatic heterocycles. The first-order valence-electron chi connectivity index (χ1n) is 14.6. The number of amides is 1. The van der Waals surface area contributed by atoms with Gasteiger partial charge in [0.2, 0.25) is 5.91 Å².